The zero-order chi connectivity index (χ0) is 8.55. The largest absolute Gasteiger partial charge is 0.241 e. The molecule has 0 saturated carbocycles. The number of hydrogen-bond donors (Lipinski definition) is 0. The molecule has 0 fully saturated rings. The highest BCUT2D eigenvalue weighted by Crippen LogP contribution is 2.19. The van der Waals surface area contributed by atoms with Gasteiger partial charge in [0.2, 0.25) is 0 Å². The standard InChI is InChI=1S/C10H8ClN.ClH/c1-7-9-5-3-2-4-8(9)6-10(11)12-7;/h2-6H,1H3;1H. The summed E-state index contributed by atoms with van der Waals surface area (Å²) in [7, 11) is 0. The number of aromatic nitrogens is 1. The van der Waals surface area contributed by atoms with E-state index in [1.165, 1.54) is 5.39 Å². The second kappa shape index (κ2) is 3.95. The highest BCUT2D eigenvalue weighted by Gasteiger charge is 1.98. The number of benzene rings is 1. The number of halogens is 2. The minimum atomic E-state index is 0. The minimum Gasteiger partial charge on any atom is -0.241 e. The lowest BCUT2D eigenvalue weighted by Crippen LogP contribution is -1.83. The summed E-state index contributed by atoms with van der Waals surface area (Å²) in [5.74, 6) is 0. The average molecular weight is 214 g/mol. The molecule has 3 heteroatoms. The van der Waals surface area contributed by atoms with Crippen LogP contribution in [0.5, 0.6) is 0 Å². The molecule has 0 aliphatic rings. The van der Waals surface area contributed by atoms with E-state index in [0.717, 1.165) is 11.1 Å². The van der Waals surface area contributed by atoms with Crippen LogP contribution in [0.1, 0.15) is 5.69 Å². The van der Waals surface area contributed by atoms with Crippen molar-refractivity contribution < 1.29 is 0 Å². The maximum absolute atomic E-state index is 5.81. The van der Waals surface area contributed by atoms with Gasteiger partial charge in [0.25, 0.3) is 0 Å². The molecule has 0 radical (unpaired) electrons. The number of hydrogen-bond acceptors (Lipinski definition) is 1. The number of rotatable bonds is 0. The topological polar surface area (TPSA) is 12.9 Å². The minimum absolute atomic E-state index is 0. The van der Waals surface area contributed by atoms with E-state index in [2.05, 4.69) is 4.98 Å². The molecule has 2 rings (SSSR count). The fraction of sp³-hybridized carbons (Fsp3) is 0.100. The van der Waals surface area contributed by atoms with E-state index in [0.29, 0.717) is 5.15 Å². The van der Waals surface area contributed by atoms with Crippen LogP contribution in [0, 0.1) is 6.92 Å². The molecule has 1 nitrogen and oxygen atoms in total. The van der Waals surface area contributed by atoms with E-state index in [4.69, 9.17) is 11.6 Å². The maximum Gasteiger partial charge on any atom is 0.129 e. The molecule has 0 aliphatic heterocycles. The van der Waals surface area contributed by atoms with Crippen LogP contribution in [0.3, 0.4) is 0 Å². The third-order valence-electron chi connectivity index (χ3n) is 1.90. The van der Waals surface area contributed by atoms with Gasteiger partial charge in [-0.15, -0.1) is 12.4 Å². The molecule has 0 spiro atoms. The summed E-state index contributed by atoms with van der Waals surface area (Å²) in [6.07, 6.45) is 0. The van der Waals surface area contributed by atoms with E-state index < -0.39 is 0 Å². The van der Waals surface area contributed by atoms with Crippen LogP contribution >= 0.6 is 24.0 Å². The molecule has 2 aromatic rings. The van der Waals surface area contributed by atoms with Gasteiger partial charge in [-0.05, 0) is 18.4 Å². The van der Waals surface area contributed by atoms with Crippen molar-refractivity contribution in [1.82, 2.24) is 4.98 Å². The molecule has 68 valence electrons. The predicted octanol–water partition coefficient (Wildman–Crippen LogP) is 3.62. The monoisotopic (exact) mass is 213 g/mol. The third kappa shape index (κ3) is 1.93. The number of nitrogens with zero attached hydrogens (tertiary/aromatic N) is 1. The van der Waals surface area contributed by atoms with Crippen molar-refractivity contribution in [3.8, 4) is 0 Å². The van der Waals surface area contributed by atoms with Crippen molar-refractivity contribution in [2.24, 2.45) is 0 Å². The number of aryl methyl sites for hydroxylation is 1. The van der Waals surface area contributed by atoms with E-state index in [-0.39, 0.29) is 12.4 Å². The first kappa shape index (κ1) is 10.3. The lowest BCUT2D eigenvalue weighted by molar-refractivity contribution is 1.24. The predicted molar refractivity (Wildman–Crippen MR) is 58.7 cm³/mol. The zero-order valence-corrected chi connectivity index (χ0v) is 8.69. The summed E-state index contributed by atoms with van der Waals surface area (Å²) in [6, 6.07) is 9.97. The van der Waals surface area contributed by atoms with E-state index in [1.54, 1.807) is 0 Å². The Bertz CT molecular complexity index is 426. The molecule has 1 aromatic carbocycles. The Labute approximate surface area is 88.2 Å². The van der Waals surface area contributed by atoms with E-state index in [9.17, 15) is 0 Å². The molecular weight excluding hydrogens is 205 g/mol. The van der Waals surface area contributed by atoms with Crippen LogP contribution in [-0.2, 0) is 0 Å². The van der Waals surface area contributed by atoms with Gasteiger partial charge >= 0.3 is 0 Å². The first-order valence-corrected chi connectivity index (χ1v) is 4.17. The van der Waals surface area contributed by atoms with Gasteiger partial charge in [-0.3, -0.25) is 0 Å². The average Bonchev–Trinajstić information content (AvgIpc) is 2.04. The Morgan fingerprint density at radius 2 is 1.92 bits per heavy atom. The van der Waals surface area contributed by atoms with E-state index in [1.807, 2.05) is 37.3 Å². The summed E-state index contributed by atoms with van der Waals surface area (Å²) < 4.78 is 0. The van der Waals surface area contributed by atoms with Crippen LogP contribution in [0.15, 0.2) is 30.3 Å². The van der Waals surface area contributed by atoms with Gasteiger partial charge in [0.05, 0.1) is 0 Å². The van der Waals surface area contributed by atoms with Gasteiger partial charge in [0.15, 0.2) is 0 Å². The van der Waals surface area contributed by atoms with Gasteiger partial charge in [-0.1, -0.05) is 35.9 Å². The summed E-state index contributed by atoms with van der Waals surface area (Å²) in [5.41, 5.74) is 0.984. The SMILES string of the molecule is Cc1nc(Cl)cc2ccccc12.Cl. The first-order chi connectivity index (χ1) is 5.77. The Kier molecular flexibility index (Phi) is 3.12. The lowest BCUT2D eigenvalue weighted by atomic mass is 10.1. The third-order valence-corrected chi connectivity index (χ3v) is 2.09. The molecule has 0 saturated heterocycles. The van der Waals surface area contributed by atoms with Gasteiger partial charge in [-0.25, -0.2) is 4.98 Å². The molecule has 1 heterocycles. The Hall–Kier alpha value is -0.790. The van der Waals surface area contributed by atoms with Gasteiger partial charge < -0.3 is 0 Å². The van der Waals surface area contributed by atoms with Crippen molar-refractivity contribution in [2.45, 2.75) is 6.92 Å². The Morgan fingerprint density at radius 3 is 2.69 bits per heavy atom. The molecule has 0 amide bonds. The molecule has 0 aliphatic carbocycles. The molecule has 0 N–H and O–H groups in total. The smallest absolute Gasteiger partial charge is 0.129 e. The number of pyridine rings is 1. The van der Waals surface area contributed by atoms with Crippen LogP contribution in [-0.4, -0.2) is 4.98 Å². The van der Waals surface area contributed by atoms with E-state index >= 15 is 0 Å². The van der Waals surface area contributed by atoms with Crippen LogP contribution in [0.2, 0.25) is 5.15 Å². The van der Waals surface area contributed by atoms with Crippen LogP contribution in [0.25, 0.3) is 10.8 Å². The second-order valence-corrected chi connectivity index (χ2v) is 3.14. The molecule has 0 bridgehead atoms. The molecule has 0 unspecified atom stereocenters. The summed E-state index contributed by atoms with van der Waals surface area (Å²) in [4.78, 5) is 4.17. The fourth-order valence-electron chi connectivity index (χ4n) is 1.33. The van der Waals surface area contributed by atoms with Crippen molar-refractivity contribution >= 4 is 34.8 Å². The van der Waals surface area contributed by atoms with Crippen molar-refractivity contribution in [3.05, 3.63) is 41.2 Å². The van der Waals surface area contributed by atoms with Gasteiger partial charge in [-0.2, -0.15) is 0 Å². The Balaban J connectivity index is 0.000000845. The van der Waals surface area contributed by atoms with Crippen molar-refractivity contribution in [3.63, 3.8) is 0 Å². The molecular formula is C10H9Cl2N. The van der Waals surface area contributed by atoms with Crippen LogP contribution in [0.4, 0.5) is 0 Å². The van der Waals surface area contributed by atoms with Gasteiger partial charge in [0.1, 0.15) is 5.15 Å². The quantitative estimate of drug-likeness (QED) is 0.610. The normalized spacial score (nSPS) is 9.69. The summed E-state index contributed by atoms with van der Waals surface area (Å²) in [5, 5.41) is 2.88. The zero-order valence-electron chi connectivity index (χ0n) is 7.12. The second-order valence-electron chi connectivity index (χ2n) is 2.75. The van der Waals surface area contributed by atoms with Gasteiger partial charge in [0, 0.05) is 11.1 Å². The number of fused-ring (bicyclic) bond motifs is 1. The summed E-state index contributed by atoms with van der Waals surface area (Å²) in [6.45, 7) is 1.97. The van der Waals surface area contributed by atoms with Crippen LogP contribution < -0.4 is 0 Å². The molecule has 13 heavy (non-hydrogen) atoms. The molecule has 0 atom stereocenters. The highest BCUT2D eigenvalue weighted by molar-refractivity contribution is 6.30. The van der Waals surface area contributed by atoms with Crippen molar-refractivity contribution in [1.29, 1.82) is 0 Å². The first-order valence-electron chi connectivity index (χ1n) is 3.79. The van der Waals surface area contributed by atoms with Crippen molar-refractivity contribution in [2.75, 3.05) is 0 Å². The Morgan fingerprint density at radius 1 is 1.23 bits per heavy atom. The summed E-state index contributed by atoms with van der Waals surface area (Å²) >= 11 is 5.81. The molecule has 1 aromatic heterocycles. The highest BCUT2D eigenvalue weighted by atomic mass is 35.5. The lowest BCUT2D eigenvalue weighted by Gasteiger charge is -2.00. The maximum atomic E-state index is 5.81. The fourth-order valence-corrected chi connectivity index (χ4v) is 1.58.